The van der Waals surface area contributed by atoms with E-state index in [4.69, 9.17) is 4.74 Å². The summed E-state index contributed by atoms with van der Waals surface area (Å²) in [4.78, 5) is 42.5. The summed E-state index contributed by atoms with van der Waals surface area (Å²) >= 11 is 0. The largest absolute Gasteiger partial charge is 0.480 e. The number of carboxylic acid groups (broad SMARTS) is 1. The molecule has 1 aromatic heterocycles. The van der Waals surface area contributed by atoms with Gasteiger partial charge in [-0.3, -0.25) is 9.78 Å². The number of carboxylic acids is 1. The van der Waals surface area contributed by atoms with Gasteiger partial charge in [0.1, 0.15) is 12.6 Å². The van der Waals surface area contributed by atoms with Crippen LogP contribution in [0.4, 0.5) is 4.79 Å². The number of nitrogens with one attached hydrogen (secondary N) is 1. The zero-order valence-corrected chi connectivity index (χ0v) is 21.3. The van der Waals surface area contributed by atoms with Gasteiger partial charge in [0.25, 0.3) is 0 Å². The highest BCUT2D eigenvalue weighted by molar-refractivity contribution is 5.81. The average molecular weight is 514 g/mol. The van der Waals surface area contributed by atoms with Gasteiger partial charge in [0, 0.05) is 50.2 Å². The number of piperidine rings is 1. The van der Waals surface area contributed by atoms with Crippen molar-refractivity contribution in [2.45, 2.75) is 44.1 Å². The Kier molecular flexibility index (Phi) is 7.40. The second kappa shape index (κ2) is 11.0. The number of hydrogen-bond donors (Lipinski definition) is 2. The number of likely N-dealkylation sites (tertiary alicyclic amines) is 1. The summed E-state index contributed by atoms with van der Waals surface area (Å²) in [6.45, 7) is 3.14. The van der Waals surface area contributed by atoms with Crippen LogP contribution in [-0.2, 0) is 20.7 Å². The van der Waals surface area contributed by atoms with Crippen LogP contribution in [0.1, 0.15) is 54.0 Å². The molecule has 2 aliphatic rings. The first-order chi connectivity index (χ1) is 18.4. The molecule has 2 aromatic carbocycles. The molecule has 1 fully saturated rings. The van der Waals surface area contributed by atoms with Gasteiger partial charge < -0.3 is 20.1 Å². The number of ether oxygens (including phenoxy) is 1. The molecule has 2 heterocycles. The topological polar surface area (TPSA) is 109 Å². The monoisotopic (exact) mass is 513 g/mol. The van der Waals surface area contributed by atoms with Crippen LogP contribution < -0.4 is 5.32 Å². The van der Waals surface area contributed by atoms with E-state index >= 15 is 0 Å². The van der Waals surface area contributed by atoms with Gasteiger partial charge >= 0.3 is 12.1 Å². The van der Waals surface area contributed by atoms with Crippen LogP contribution in [0.25, 0.3) is 11.1 Å². The molecule has 1 aliphatic carbocycles. The summed E-state index contributed by atoms with van der Waals surface area (Å²) in [6, 6.07) is 18.7. The number of carbonyl (C=O) groups is 3. The number of amides is 2. The summed E-state index contributed by atoms with van der Waals surface area (Å²) in [5.41, 5.74) is 6.08. The third-order valence-electron chi connectivity index (χ3n) is 7.58. The van der Waals surface area contributed by atoms with E-state index in [-0.39, 0.29) is 30.8 Å². The molecule has 8 nitrogen and oxygen atoms in total. The first kappa shape index (κ1) is 25.4. The van der Waals surface area contributed by atoms with E-state index in [9.17, 15) is 19.5 Å². The van der Waals surface area contributed by atoms with Crippen molar-refractivity contribution in [2.75, 3.05) is 19.7 Å². The van der Waals surface area contributed by atoms with Crippen molar-refractivity contribution in [3.8, 4) is 11.1 Å². The standard InChI is InChI=1S/C30H31N3O5/c1-19(34)33-14-12-21(13-15-33)27-11-10-20(17-31-27)16-28(29(35)36)32-30(37)38-18-26-24-8-4-2-6-22(24)23-7-3-5-9-25(23)26/h2-11,17,21,26,28H,12-16,18H2,1H3,(H,32,37)(H,35,36)/t28-/m0/s1. The lowest BCUT2D eigenvalue weighted by Gasteiger charge is -2.31. The normalized spacial score (nSPS) is 15.9. The van der Waals surface area contributed by atoms with E-state index < -0.39 is 18.1 Å². The van der Waals surface area contributed by atoms with E-state index in [1.165, 1.54) is 0 Å². The second-order valence-electron chi connectivity index (χ2n) is 9.94. The number of alkyl carbamates (subject to hydrolysis) is 1. The minimum Gasteiger partial charge on any atom is -0.480 e. The van der Waals surface area contributed by atoms with Crippen molar-refractivity contribution < 1.29 is 24.2 Å². The zero-order chi connectivity index (χ0) is 26.6. The lowest BCUT2D eigenvalue weighted by atomic mass is 9.92. The first-order valence-corrected chi connectivity index (χ1v) is 13.0. The molecule has 38 heavy (non-hydrogen) atoms. The Morgan fingerprint density at radius 2 is 1.63 bits per heavy atom. The maximum atomic E-state index is 12.6. The van der Waals surface area contributed by atoms with Crippen LogP contribution in [-0.4, -0.2) is 58.7 Å². The number of benzene rings is 2. The molecule has 0 unspecified atom stereocenters. The van der Waals surface area contributed by atoms with Gasteiger partial charge in [-0.05, 0) is 46.7 Å². The van der Waals surface area contributed by atoms with Gasteiger partial charge in [-0.25, -0.2) is 9.59 Å². The molecule has 2 amide bonds. The number of carbonyl (C=O) groups excluding carboxylic acids is 2. The molecule has 1 saturated heterocycles. The second-order valence-corrected chi connectivity index (χ2v) is 9.94. The molecule has 1 atom stereocenters. The van der Waals surface area contributed by atoms with Gasteiger partial charge in [-0.2, -0.15) is 0 Å². The lowest BCUT2D eigenvalue weighted by molar-refractivity contribution is -0.139. The van der Waals surface area contributed by atoms with Crippen molar-refractivity contribution in [3.05, 3.63) is 89.2 Å². The number of hydrogen-bond acceptors (Lipinski definition) is 5. The van der Waals surface area contributed by atoms with E-state index in [0.29, 0.717) is 18.7 Å². The summed E-state index contributed by atoms with van der Waals surface area (Å²) in [7, 11) is 0. The van der Waals surface area contributed by atoms with Crippen LogP contribution in [0, 0.1) is 0 Å². The number of nitrogens with zero attached hydrogens (tertiary/aromatic N) is 2. The predicted octanol–water partition coefficient (Wildman–Crippen LogP) is 4.34. The summed E-state index contributed by atoms with van der Waals surface area (Å²) in [6.07, 6.45) is 2.71. The summed E-state index contributed by atoms with van der Waals surface area (Å²) in [5, 5.41) is 12.2. The zero-order valence-electron chi connectivity index (χ0n) is 21.3. The van der Waals surface area contributed by atoms with Crippen molar-refractivity contribution in [2.24, 2.45) is 0 Å². The molecule has 0 spiro atoms. The Balaban J connectivity index is 1.17. The smallest absolute Gasteiger partial charge is 0.407 e. The van der Waals surface area contributed by atoms with Crippen molar-refractivity contribution in [1.29, 1.82) is 0 Å². The quantitative estimate of drug-likeness (QED) is 0.487. The fourth-order valence-electron chi connectivity index (χ4n) is 5.51. The van der Waals surface area contributed by atoms with Crippen molar-refractivity contribution >= 4 is 18.0 Å². The molecule has 5 rings (SSSR count). The Labute approximate surface area is 221 Å². The van der Waals surface area contributed by atoms with Gasteiger partial charge in [0.15, 0.2) is 0 Å². The Morgan fingerprint density at radius 1 is 1.00 bits per heavy atom. The van der Waals surface area contributed by atoms with Crippen LogP contribution in [0.5, 0.6) is 0 Å². The summed E-state index contributed by atoms with van der Waals surface area (Å²) in [5.74, 6) is -0.876. The maximum Gasteiger partial charge on any atom is 0.407 e. The van der Waals surface area contributed by atoms with Crippen LogP contribution in [0.2, 0.25) is 0 Å². The third kappa shape index (κ3) is 5.39. The van der Waals surface area contributed by atoms with Crippen LogP contribution in [0.3, 0.4) is 0 Å². The highest BCUT2D eigenvalue weighted by Gasteiger charge is 2.30. The van der Waals surface area contributed by atoms with Crippen LogP contribution in [0.15, 0.2) is 66.9 Å². The molecular formula is C30H31N3O5. The molecule has 3 aromatic rings. The molecule has 196 valence electrons. The lowest BCUT2D eigenvalue weighted by Crippen LogP contribution is -2.43. The molecule has 8 heteroatoms. The SMILES string of the molecule is CC(=O)N1CCC(c2ccc(C[C@H](NC(=O)OCC3c4ccccc4-c4ccccc43)C(=O)O)cn2)CC1. The Hall–Kier alpha value is -4.20. The van der Waals surface area contributed by atoms with E-state index in [1.54, 1.807) is 13.1 Å². The number of aliphatic carboxylic acids is 1. The number of rotatable bonds is 7. The number of pyridine rings is 1. The van der Waals surface area contributed by atoms with Crippen LogP contribution >= 0.6 is 0 Å². The molecule has 0 radical (unpaired) electrons. The van der Waals surface area contributed by atoms with Crippen molar-refractivity contribution in [3.63, 3.8) is 0 Å². The fourth-order valence-corrected chi connectivity index (χ4v) is 5.51. The number of fused-ring (bicyclic) bond motifs is 3. The first-order valence-electron chi connectivity index (χ1n) is 13.0. The molecule has 2 N–H and O–H groups in total. The minimum atomic E-state index is -1.14. The van der Waals surface area contributed by atoms with Gasteiger partial charge in [0.05, 0.1) is 0 Å². The van der Waals surface area contributed by atoms with E-state index in [1.807, 2.05) is 53.4 Å². The van der Waals surface area contributed by atoms with Gasteiger partial charge in [0.2, 0.25) is 5.91 Å². The average Bonchev–Trinajstić information content (AvgIpc) is 3.25. The van der Waals surface area contributed by atoms with E-state index in [0.717, 1.165) is 40.8 Å². The number of aromatic nitrogens is 1. The highest BCUT2D eigenvalue weighted by Crippen LogP contribution is 2.44. The van der Waals surface area contributed by atoms with Gasteiger partial charge in [-0.1, -0.05) is 54.6 Å². The Bertz CT molecular complexity index is 1290. The molecular weight excluding hydrogens is 482 g/mol. The molecule has 1 aliphatic heterocycles. The fraction of sp³-hybridized carbons (Fsp3) is 0.333. The predicted molar refractivity (Wildman–Crippen MR) is 142 cm³/mol. The third-order valence-corrected chi connectivity index (χ3v) is 7.58. The molecule has 0 saturated carbocycles. The Morgan fingerprint density at radius 3 is 2.18 bits per heavy atom. The maximum absolute atomic E-state index is 12.6. The minimum absolute atomic E-state index is 0.0928. The molecule has 0 bridgehead atoms. The summed E-state index contributed by atoms with van der Waals surface area (Å²) < 4.78 is 5.52. The van der Waals surface area contributed by atoms with Crippen molar-refractivity contribution in [1.82, 2.24) is 15.2 Å². The van der Waals surface area contributed by atoms with Gasteiger partial charge in [-0.15, -0.1) is 0 Å². The van der Waals surface area contributed by atoms with E-state index in [2.05, 4.69) is 22.4 Å². The highest BCUT2D eigenvalue weighted by atomic mass is 16.5.